The van der Waals surface area contributed by atoms with E-state index in [2.05, 4.69) is 26.6 Å². The van der Waals surface area contributed by atoms with Crippen molar-refractivity contribution in [2.24, 2.45) is 0 Å². The van der Waals surface area contributed by atoms with Gasteiger partial charge in [0.1, 0.15) is 0 Å². The molecule has 0 saturated carbocycles. The van der Waals surface area contributed by atoms with E-state index >= 15 is 0 Å². The highest BCUT2D eigenvalue weighted by Crippen LogP contribution is 2.40. The summed E-state index contributed by atoms with van der Waals surface area (Å²) in [6, 6.07) is 17.2. The Hall–Kier alpha value is -7.06. The number of thioether (sulfide) groups is 1. The van der Waals surface area contributed by atoms with Gasteiger partial charge in [-0.3, -0.25) is 53.1 Å². The van der Waals surface area contributed by atoms with E-state index in [9.17, 15) is 43.2 Å². The third-order valence-corrected chi connectivity index (χ3v) is 17.5. The second kappa shape index (κ2) is 20.7. The summed E-state index contributed by atoms with van der Waals surface area (Å²) in [6.07, 6.45) is 3.77. The third kappa shape index (κ3) is 11.5. The van der Waals surface area contributed by atoms with Crippen molar-refractivity contribution in [1.29, 1.82) is 0 Å². The Balaban J connectivity index is 0.839. The summed E-state index contributed by atoms with van der Waals surface area (Å²) in [4.78, 5) is 129. The molecule has 4 aromatic rings. The number of hydrogen-bond donors (Lipinski definition) is 5. The van der Waals surface area contributed by atoms with Crippen molar-refractivity contribution in [2.75, 3.05) is 23.0 Å². The largest absolute Gasteiger partial charge is 0.462 e. The zero-order valence-corrected chi connectivity index (χ0v) is 49.7. The topological polar surface area (TPSA) is 233 Å². The first-order valence-corrected chi connectivity index (χ1v) is 29.2. The van der Waals surface area contributed by atoms with Gasteiger partial charge in [0, 0.05) is 78.8 Å². The number of anilines is 2. The number of fused-ring (bicyclic) bond motifs is 3. The van der Waals surface area contributed by atoms with Crippen LogP contribution >= 0.6 is 11.8 Å². The van der Waals surface area contributed by atoms with Gasteiger partial charge in [0.2, 0.25) is 0 Å². The number of rotatable bonds is 13. The standard InChI is InChI=1S/C63H74N8O10S/c1-58(2)28-38(29-59(3,4)66-58)69-51(74)41-18-14-34(24-44(41)54(69)77)49(72)64-37-17-21-48(47(27-37)65-50(73)35-15-19-42-45(25-35)55(78)70(52(42)75)39-30-60(5,6)67-61(7,8)31-39)82-23-13-22-81-57(80)36-16-20-43-46(26-36)56(79)71(53(43)76)40-32-62(9,10)68-63(11,12)33-40/h14-21,24-27,38-40,66-68H,13,22-23,28-33H2,1-12H3,(H,64,72)(H,65,73). The summed E-state index contributed by atoms with van der Waals surface area (Å²) in [7, 11) is 0. The molecule has 18 nitrogen and oxygen atoms in total. The number of piperidine rings is 3. The van der Waals surface area contributed by atoms with Crippen molar-refractivity contribution in [3.05, 3.63) is 123 Å². The van der Waals surface area contributed by atoms with E-state index in [1.165, 1.54) is 81.1 Å². The number of nitrogens with zero attached hydrogens (tertiary/aromatic N) is 3. The lowest BCUT2D eigenvalue weighted by Crippen LogP contribution is -2.62. The molecule has 432 valence electrons. The van der Waals surface area contributed by atoms with Crippen LogP contribution in [0.15, 0.2) is 77.7 Å². The molecule has 6 heterocycles. The van der Waals surface area contributed by atoms with Crippen molar-refractivity contribution in [3.8, 4) is 0 Å². The molecule has 0 atom stereocenters. The Morgan fingerprint density at radius 3 is 1.20 bits per heavy atom. The van der Waals surface area contributed by atoms with E-state index in [0.29, 0.717) is 67.0 Å². The maximum atomic E-state index is 14.3. The molecule has 5 N–H and O–H groups in total. The van der Waals surface area contributed by atoms with Crippen molar-refractivity contribution in [1.82, 2.24) is 30.7 Å². The molecular weight excluding hydrogens is 1060 g/mol. The highest BCUT2D eigenvalue weighted by Gasteiger charge is 2.50. The molecule has 10 rings (SSSR count). The number of nitrogens with one attached hydrogen (secondary N) is 5. The molecule has 0 aliphatic carbocycles. The van der Waals surface area contributed by atoms with Crippen LogP contribution in [0.2, 0.25) is 0 Å². The smallest absolute Gasteiger partial charge is 0.338 e. The zero-order chi connectivity index (χ0) is 59.4. The fraction of sp³-hybridized carbons (Fsp3) is 0.476. The van der Waals surface area contributed by atoms with Crippen molar-refractivity contribution < 1.29 is 47.9 Å². The highest BCUT2D eigenvalue weighted by molar-refractivity contribution is 7.99. The molecule has 6 aliphatic heterocycles. The monoisotopic (exact) mass is 1130 g/mol. The van der Waals surface area contributed by atoms with E-state index < -0.39 is 47.3 Å². The summed E-state index contributed by atoms with van der Waals surface area (Å²) < 4.78 is 5.67. The molecular formula is C63H74N8O10S. The number of amides is 8. The maximum absolute atomic E-state index is 14.3. The van der Waals surface area contributed by atoms with Gasteiger partial charge in [-0.15, -0.1) is 11.8 Å². The Morgan fingerprint density at radius 1 is 0.463 bits per heavy atom. The van der Waals surface area contributed by atoms with Gasteiger partial charge in [-0.25, -0.2) is 4.79 Å². The average molecular weight is 1140 g/mol. The van der Waals surface area contributed by atoms with Crippen LogP contribution in [0.5, 0.6) is 0 Å². The highest BCUT2D eigenvalue weighted by atomic mass is 32.2. The van der Waals surface area contributed by atoms with Gasteiger partial charge in [-0.2, -0.15) is 0 Å². The number of carbonyl (C=O) groups is 9. The van der Waals surface area contributed by atoms with Crippen LogP contribution in [-0.4, -0.2) is 132 Å². The summed E-state index contributed by atoms with van der Waals surface area (Å²) in [5.41, 5.74) is 0.171. The van der Waals surface area contributed by atoms with E-state index in [4.69, 9.17) is 4.74 Å². The first kappa shape index (κ1) is 58.1. The van der Waals surface area contributed by atoms with Gasteiger partial charge < -0.3 is 31.3 Å². The van der Waals surface area contributed by atoms with E-state index in [1.807, 2.05) is 83.1 Å². The second-order valence-electron chi connectivity index (χ2n) is 27.0. The number of imide groups is 3. The average Bonchev–Trinajstić information content (AvgIpc) is 2.41. The number of esters is 1. The van der Waals surface area contributed by atoms with Gasteiger partial charge >= 0.3 is 5.97 Å². The molecule has 3 saturated heterocycles. The minimum Gasteiger partial charge on any atom is -0.462 e. The quantitative estimate of drug-likeness (QED) is 0.0364. The van der Waals surface area contributed by atoms with Crippen LogP contribution in [0.3, 0.4) is 0 Å². The number of hydrogen-bond acceptors (Lipinski definition) is 14. The summed E-state index contributed by atoms with van der Waals surface area (Å²) in [6.45, 7) is 24.6. The van der Waals surface area contributed by atoms with Crippen molar-refractivity contribution in [2.45, 2.75) is 184 Å². The number of carbonyl (C=O) groups excluding carboxylic acids is 9. The normalized spacial score (nSPS) is 21.6. The predicted molar refractivity (Wildman–Crippen MR) is 312 cm³/mol. The van der Waals surface area contributed by atoms with Crippen LogP contribution in [-0.2, 0) is 4.74 Å². The summed E-state index contributed by atoms with van der Waals surface area (Å²) >= 11 is 1.35. The van der Waals surface area contributed by atoms with E-state index in [0.717, 1.165) is 0 Å². The van der Waals surface area contributed by atoms with Gasteiger partial charge in [0.15, 0.2) is 0 Å². The summed E-state index contributed by atoms with van der Waals surface area (Å²) in [5, 5.41) is 16.6. The predicted octanol–water partition coefficient (Wildman–Crippen LogP) is 9.25. The van der Waals surface area contributed by atoms with Crippen LogP contribution in [0.25, 0.3) is 0 Å². The van der Waals surface area contributed by atoms with Crippen LogP contribution < -0.4 is 26.6 Å². The first-order chi connectivity index (χ1) is 38.2. The molecule has 0 spiro atoms. The third-order valence-electron chi connectivity index (χ3n) is 16.4. The minimum absolute atomic E-state index is 0.00270. The minimum atomic E-state index is -0.656. The Labute approximate surface area is 483 Å². The molecule has 0 radical (unpaired) electrons. The van der Waals surface area contributed by atoms with E-state index in [-0.39, 0.29) is 114 Å². The first-order valence-electron chi connectivity index (χ1n) is 28.2. The van der Waals surface area contributed by atoms with Gasteiger partial charge in [0.25, 0.3) is 47.3 Å². The van der Waals surface area contributed by atoms with E-state index in [1.54, 1.807) is 18.2 Å². The van der Waals surface area contributed by atoms with Gasteiger partial charge in [0.05, 0.1) is 51.2 Å². The maximum Gasteiger partial charge on any atom is 0.338 e. The molecule has 6 aliphatic rings. The van der Waals surface area contributed by atoms with Crippen LogP contribution in [0.4, 0.5) is 11.4 Å². The fourth-order valence-corrected chi connectivity index (χ4v) is 15.2. The molecule has 4 aromatic carbocycles. The number of ether oxygens (including phenoxy) is 1. The Morgan fingerprint density at radius 2 is 0.805 bits per heavy atom. The number of benzene rings is 4. The SMILES string of the molecule is CC1(C)CC(N2C(=O)c3ccc(C(=O)Nc4ccc(SCCCOC(=O)c5ccc6c(c5)C(=O)N(C5CC(C)(C)NC(C)(C)C5)C6=O)c(NC(=O)c5ccc6c(c5)C(=O)N(C5CC(C)(C)NC(C)(C)C5)C6=O)c4)cc3C2=O)CC(C)(C)N1. The van der Waals surface area contributed by atoms with Crippen molar-refractivity contribution in [3.63, 3.8) is 0 Å². The van der Waals surface area contributed by atoms with Gasteiger partial charge in [-0.1, -0.05) is 0 Å². The van der Waals surface area contributed by atoms with Gasteiger partial charge in [-0.05, 0) is 201 Å². The van der Waals surface area contributed by atoms with Crippen molar-refractivity contribution >= 4 is 76.4 Å². The molecule has 0 unspecified atom stereocenters. The molecule has 19 heteroatoms. The Kier molecular flexibility index (Phi) is 14.7. The second-order valence-corrected chi connectivity index (χ2v) is 28.2. The molecule has 0 aromatic heterocycles. The lowest BCUT2D eigenvalue weighted by molar-refractivity contribution is 0.0393. The molecule has 0 bridgehead atoms. The summed E-state index contributed by atoms with van der Waals surface area (Å²) in [5.74, 6) is -3.94. The molecule has 3 fully saturated rings. The molecule has 8 amide bonds. The molecule has 82 heavy (non-hydrogen) atoms. The van der Waals surface area contributed by atoms with Crippen LogP contribution in [0, 0.1) is 0 Å². The zero-order valence-electron chi connectivity index (χ0n) is 48.9. The fourth-order valence-electron chi connectivity index (χ4n) is 14.3. The van der Waals surface area contributed by atoms with Crippen LogP contribution in [0.1, 0.15) is 221 Å². The lowest BCUT2D eigenvalue weighted by Gasteiger charge is -2.48. The Bertz CT molecular complexity index is 3390. The lowest BCUT2D eigenvalue weighted by atomic mass is 9.79.